The Hall–Kier alpha value is -1.59. The number of anilines is 1. The molecule has 0 saturated carbocycles. The molecule has 108 valence electrons. The molecule has 0 spiro atoms. The molecule has 0 fully saturated rings. The number of rotatable bonds is 8. The van der Waals surface area contributed by atoms with Crippen molar-refractivity contribution in [3.8, 4) is 16.2 Å². The fourth-order valence-corrected chi connectivity index (χ4v) is 2.53. The van der Waals surface area contributed by atoms with Crippen LogP contribution in [-0.2, 0) is 4.74 Å². The van der Waals surface area contributed by atoms with Crippen LogP contribution >= 0.6 is 11.3 Å². The lowest BCUT2D eigenvalue weighted by Crippen LogP contribution is -2.06. The molecule has 0 atom stereocenters. The maximum absolute atomic E-state index is 5.58. The molecule has 0 bridgehead atoms. The second kappa shape index (κ2) is 7.87. The van der Waals surface area contributed by atoms with Crippen molar-refractivity contribution in [1.29, 1.82) is 0 Å². The van der Waals surface area contributed by atoms with Crippen molar-refractivity contribution in [2.24, 2.45) is 0 Å². The van der Waals surface area contributed by atoms with Crippen LogP contribution in [0.1, 0.15) is 13.3 Å². The number of methoxy groups -OCH3 is 1. The van der Waals surface area contributed by atoms with E-state index in [1.54, 1.807) is 18.4 Å². The highest BCUT2D eigenvalue weighted by Gasteiger charge is 2.04. The summed E-state index contributed by atoms with van der Waals surface area (Å²) in [5.41, 5.74) is 1.16. The van der Waals surface area contributed by atoms with Gasteiger partial charge in [0.15, 0.2) is 5.13 Å². The Morgan fingerprint density at radius 2 is 2.00 bits per heavy atom. The average Bonchev–Trinajstić information content (AvgIpc) is 2.95. The van der Waals surface area contributed by atoms with E-state index in [-0.39, 0.29) is 0 Å². The van der Waals surface area contributed by atoms with Crippen LogP contribution in [0.5, 0.6) is 5.75 Å². The van der Waals surface area contributed by atoms with Gasteiger partial charge in [0.25, 0.3) is 0 Å². The summed E-state index contributed by atoms with van der Waals surface area (Å²) in [7, 11) is 1.69. The van der Waals surface area contributed by atoms with Gasteiger partial charge in [-0.05, 0) is 36.2 Å². The van der Waals surface area contributed by atoms with Crippen LogP contribution in [-0.4, -0.2) is 31.9 Å². The summed E-state index contributed by atoms with van der Waals surface area (Å²) in [6, 6.07) is 8.14. The summed E-state index contributed by atoms with van der Waals surface area (Å²) in [4.78, 5) is 5.50. The van der Waals surface area contributed by atoms with Gasteiger partial charge in [-0.25, -0.2) is 4.98 Å². The van der Waals surface area contributed by atoms with Crippen LogP contribution in [0.4, 0.5) is 5.13 Å². The van der Waals surface area contributed by atoms with Crippen LogP contribution in [0, 0.1) is 0 Å². The zero-order valence-corrected chi connectivity index (χ0v) is 12.7. The zero-order chi connectivity index (χ0) is 14.2. The minimum atomic E-state index is 0.679. The van der Waals surface area contributed by atoms with E-state index in [4.69, 9.17) is 9.47 Å². The van der Waals surface area contributed by atoms with Crippen molar-refractivity contribution in [2.75, 3.05) is 32.2 Å². The van der Waals surface area contributed by atoms with Gasteiger partial charge < -0.3 is 14.8 Å². The van der Waals surface area contributed by atoms with Gasteiger partial charge in [0.1, 0.15) is 5.75 Å². The Bertz CT molecular complexity index is 511. The molecule has 0 aliphatic carbocycles. The minimum absolute atomic E-state index is 0.679. The third-order valence-electron chi connectivity index (χ3n) is 2.70. The third kappa shape index (κ3) is 4.21. The molecule has 1 N–H and O–H groups in total. The van der Waals surface area contributed by atoms with Gasteiger partial charge in [-0.2, -0.15) is 0 Å². The monoisotopic (exact) mass is 292 g/mol. The number of nitrogens with one attached hydrogen (secondary N) is 1. The highest BCUT2D eigenvalue weighted by atomic mass is 32.1. The Morgan fingerprint density at radius 3 is 2.70 bits per heavy atom. The first-order chi connectivity index (χ1) is 9.83. The lowest BCUT2D eigenvalue weighted by Gasteiger charge is -2.04. The molecule has 20 heavy (non-hydrogen) atoms. The van der Waals surface area contributed by atoms with Gasteiger partial charge in [-0.15, -0.1) is 0 Å². The molecule has 4 nitrogen and oxygen atoms in total. The number of nitrogens with zero attached hydrogens (tertiary/aromatic N) is 1. The number of benzene rings is 1. The molecule has 2 aromatic rings. The van der Waals surface area contributed by atoms with E-state index in [1.165, 1.54) is 0 Å². The first kappa shape index (κ1) is 14.8. The maximum atomic E-state index is 5.58. The standard InChI is InChI=1S/C15H20N2O2S/c1-3-9-19-13-6-4-12(5-7-13)14-11-17-15(20-14)16-8-10-18-2/h4-7,11H,3,8-10H2,1-2H3,(H,16,17). The smallest absolute Gasteiger partial charge is 0.183 e. The van der Waals surface area contributed by atoms with E-state index in [0.29, 0.717) is 6.61 Å². The molecule has 0 unspecified atom stereocenters. The zero-order valence-electron chi connectivity index (χ0n) is 11.9. The lowest BCUT2D eigenvalue weighted by atomic mass is 10.2. The summed E-state index contributed by atoms with van der Waals surface area (Å²) in [6.45, 7) is 4.31. The highest BCUT2D eigenvalue weighted by molar-refractivity contribution is 7.18. The number of ether oxygens (including phenoxy) is 2. The van der Waals surface area contributed by atoms with Crippen LogP contribution in [0.2, 0.25) is 0 Å². The molecule has 1 aromatic heterocycles. The van der Waals surface area contributed by atoms with E-state index in [1.807, 2.05) is 18.3 Å². The van der Waals surface area contributed by atoms with Crippen LogP contribution in [0.3, 0.4) is 0 Å². The second-order valence-electron chi connectivity index (χ2n) is 4.32. The molecule has 2 rings (SSSR count). The minimum Gasteiger partial charge on any atom is -0.494 e. The fourth-order valence-electron chi connectivity index (χ4n) is 1.68. The topological polar surface area (TPSA) is 43.4 Å². The van der Waals surface area contributed by atoms with Gasteiger partial charge in [-0.1, -0.05) is 18.3 Å². The van der Waals surface area contributed by atoms with Gasteiger partial charge in [-0.3, -0.25) is 0 Å². The summed E-state index contributed by atoms with van der Waals surface area (Å²) in [6.07, 6.45) is 2.91. The molecule has 0 radical (unpaired) electrons. The molecule has 5 heteroatoms. The van der Waals surface area contributed by atoms with Crippen molar-refractivity contribution >= 4 is 16.5 Å². The Kier molecular flexibility index (Phi) is 5.83. The average molecular weight is 292 g/mol. The predicted molar refractivity (Wildman–Crippen MR) is 83.7 cm³/mol. The third-order valence-corrected chi connectivity index (χ3v) is 3.70. The molecule has 0 aliphatic heterocycles. The van der Waals surface area contributed by atoms with Crippen LogP contribution in [0.15, 0.2) is 30.5 Å². The van der Waals surface area contributed by atoms with Gasteiger partial charge in [0.2, 0.25) is 0 Å². The number of aromatic nitrogens is 1. The Labute approximate surface area is 123 Å². The van der Waals surface area contributed by atoms with E-state index >= 15 is 0 Å². The molecule has 1 heterocycles. The maximum Gasteiger partial charge on any atom is 0.183 e. The van der Waals surface area contributed by atoms with Crippen LogP contribution in [0.25, 0.3) is 10.4 Å². The number of thiazole rings is 1. The van der Waals surface area contributed by atoms with Crippen molar-refractivity contribution in [1.82, 2.24) is 4.98 Å². The molecular formula is C15H20N2O2S. The SMILES string of the molecule is CCCOc1ccc(-c2cnc(NCCOC)s2)cc1. The van der Waals surface area contributed by atoms with Gasteiger partial charge in [0.05, 0.1) is 18.1 Å². The highest BCUT2D eigenvalue weighted by Crippen LogP contribution is 2.30. The Balaban J connectivity index is 1.97. The Morgan fingerprint density at radius 1 is 1.20 bits per heavy atom. The normalized spacial score (nSPS) is 10.5. The summed E-state index contributed by atoms with van der Waals surface area (Å²) >= 11 is 1.64. The first-order valence-corrected chi connectivity index (χ1v) is 7.57. The van der Waals surface area contributed by atoms with Crippen molar-refractivity contribution in [2.45, 2.75) is 13.3 Å². The predicted octanol–water partition coefficient (Wildman–Crippen LogP) is 3.66. The first-order valence-electron chi connectivity index (χ1n) is 6.75. The number of hydrogen-bond acceptors (Lipinski definition) is 5. The quantitative estimate of drug-likeness (QED) is 0.754. The van der Waals surface area contributed by atoms with Gasteiger partial charge in [0, 0.05) is 19.9 Å². The molecule has 0 aliphatic rings. The van der Waals surface area contributed by atoms with E-state index < -0.39 is 0 Å². The summed E-state index contributed by atoms with van der Waals surface area (Å²) in [5, 5.41) is 4.15. The van der Waals surface area contributed by atoms with Crippen LogP contribution < -0.4 is 10.1 Å². The fraction of sp³-hybridized carbons (Fsp3) is 0.400. The lowest BCUT2D eigenvalue weighted by molar-refractivity contribution is 0.211. The molecular weight excluding hydrogens is 272 g/mol. The van der Waals surface area contributed by atoms with Gasteiger partial charge >= 0.3 is 0 Å². The molecule has 0 amide bonds. The largest absolute Gasteiger partial charge is 0.494 e. The summed E-state index contributed by atoms with van der Waals surface area (Å²) < 4.78 is 10.6. The van der Waals surface area contributed by atoms with E-state index in [2.05, 4.69) is 29.4 Å². The van der Waals surface area contributed by atoms with Crippen molar-refractivity contribution in [3.05, 3.63) is 30.5 Å². The summed E-state index contributed by atoms with van der Waals surface area (Å²) in [5.74, 6) is 0.915. The van der Waals surface area contributed by atoms with E-state index in [9.17, 15) is 0 Å². The van der Waals surface area contributed by atoms with Crippen molar-refractivity contribution < 1.29 is 9.47 Å². The van der Waals surface area contributed by atoms with Crippen molar-refractivity contribution in [3.63, 3.8) is 0 Å². The molecule has 0 saturated heterocycles. The number of hydrogen-bond donors (Lipinski definition) is 1. The second-order valence-corrected chi connectivity index (χ2v) is 5.35. The van der Waals surface area contributed by atoms with E-state index in [0.717, 1.165) is 40.9 Å². The molecule has 1 aromatic carbocycles.